The Kier molecular flexibility index (Phi) is 3.63. The lowest BCUT2D eigenvalue weighted by atomic mass is 10.4. The van der Waals surface area contributed by atoms with Crippen LogP contribution in [-0.4, -0.2) is 25.4 Å². The van der Waals surface area contributed by atoms with Gasteiger partial charge in [-0.3, -0.25) is 10.1 Å². The molecule has 0 aliphatic heterocycles. The maximum atomic E-state index is 12.4. The molecule has 0 amide bonds. The molecule has 2 aromatic heterocycles. The molecule has 0 aliphatic carbocycles. The molecule has 2 aromatic rings. The first-order valence-electron chi connectivity index (χ1n) is 5.39. The highest BCUT2D eigenvalue weighted by Crippen LogP contribution is 2.23. The van der Waals surface area contributed by atoms with Gasteiger partial charge in [-0.15, -0.1) is 0 Å². The molecule has 0 aromatic carbocycles. The van der Waals surface area contributed by atoms with Crippen molar-refractivity contribution in [2.45, 2.75) is 5.03 Å². The van der Waals surface area contributed by atoms with Crippen LogP contribution in [-0.2, 0) is 10.0 Å². The summed E-state index contributed by atoms with van der Waals surface area (Å²) in [5.41, 5.74) is 2.55. The summed E-state index contributed by atoms with van der Waals surface area (Å²) in [5.74, 6) is 5.60. The predicted octanol–water partition coefficient (Wildman–Crippen LogP) is 0.587. The zero-order valence-electron chi connectivity index (χ0n) is 10.2. The number of hydrogen-bond donors (Lipinski definition) is 2. The smallest absolute Gasteiger partial charge is 0.284 e. The summed E-state index contributed by atoms with van der Waals surface area (Å²) in [6.45, 7) is 0. The van der Waals surface area contributed by atoms with Crippen molar-refractivity contribution in [3.8, 4) is 0 Å². The van der Waals surface area contributed by atoms with E-state index in [-0.39, 0.29) is 10.7 Å². The monoisotopic (exact) mass is 279 g/mol. The summed E-state index contributed by atoms with van der Waals surface area (Å²) in [6, 6.07) is 8.13. The number of hydrogen-bond acceptors (Lipinski definition) is 6. The molecule has 0 spiro atoms. The maximum Gasteiger partial charge on any atom is 0.284 e. The summed E-state index contributed by atoms with van der Waals surface area (Å²) >= 11 is 0. The second kappa shape index (κ2) is 5.21. The standard InChI is InChI=1S/C11H13N5O2S/c1-16(10-6-2-3-7-13-10)19(17,18)11-9(15-12)5-4-8-14-11/h2-8,15H,12H2,1H3. The Hall–Kier alpha value is -2.19. The lowest BCUT2D eigenvalue weighted by molar-refractivity contribution is 0.590. The van der Waals surface area contributed by atoms with E-state index in [9.17, 15) is 8.42 Å². The van der Waals surface area contributed by atoms with Gasteiger partial charge in [0.15, 0.2) is 0 Å². The molecule has 0 saturated heterocycles. The minimum Gasteiger partial charge on any atom is -0.321 e. The predicted molar refractivity (Wildman–Crippen MR) is 71.9 cm³/mol. The van der Waals surface area contributed by atoms with Crippen LogP contribution in [0.4, 0.5) is 11.5 Å². The molecule has 19 heavy (non-hydrogen) atoms. The minimum atomic E-state index is -3.82. The lowest BCUT2D eigenvalue weighted by Gasteiger charge is -2.18. The molecule has 0 unspecified atom stereocenters. The van der Waals surface area contributed by atoms with E-state index in [1.54, 1.807) is 24.3 Å². The van der Waals surface area contributed by atoms with Gasteiger partial charge in [0, 0.05) is 19.4 Å². The van der Waals surface area contributed by atoms with E-state index in [0.717, 1.165) is 4.31 Å². The van der Waals surface area contributed by atoms with E-state index in [4.69, 9.17) is 5.84 Å². The third kappa shape index (κ3) is 2.49. The van der Waals surface area contributed by atoms with Crippen molar-refractivity contribution in [2.75, 3.05) is 16.8 Å². The normalized spacial score (nSPS) is 11.1. The molecule has 8 heteroatoms. The summed E-state index contributed by atoms with van der Waals surface area (Å²) in [5, 5.41) is -0.148. The topological polar surface area (TPSA) is 101 Å². The quantitative estimate of drug-likeness (QED) is 0.627. The van der Waals surface area contributed by atoms with E-state index in [1.165, 1.54) is 25.5 Å². The number of pyridine rings is 2. The Morgan fingerprint density at radius 1 is 1.16 bits per heavy atom. The van der Waals surface area contributed by atoms with Gasteiger partial charge in [0.05, 0.1) is 5.69 Å². The summed E-state index contributed by atoms with van der Waals surface area (Å²) in [4.78, 5) is 7.86. The SMILES string of the molecule is CN(c1ccccn1)S(=O)(=O)c1ncccc1NN. The molecular formula is C11H13N5O2S. The number of rotatable bonds is 4. The largest absolute Gasteiger partial charge is 0.321 e. The van der Waals surface area contributed by atoms with Crippen molar-refractivity contribution in [1.82, 2.24) is 9.97 Å². The van der Waals surface area contributed by atoms with Crippen LogP contribution < -0.4 is 15.6 Å². The van der Waals surface area contributed by atoms with Gasteiger partial charge in [0.25, 0.3) is 10.0 Å². The average molecular weight is 279 g/mol. The van der Waals surface area contributed by atoms with Gasteiger partial charge in [-0.1, -0.05) is 6.07 Å². The number of hydrazine groups is 1. The van der Waals surface area contributed by atoms with Crippen LogP contribution in [0.15, 0.2) is 47.8 Å². The van der Waals surface area contributed by atoms with E-state index < -0.39 is 10.0 Å². The number of sulfonamides is 1. The fourth-order valence-corrected chi connectivity index (χ4v) is 2.71. The van der Waals surface area contributed by atoms with Crippen molar-refractivity contribution in [3.63, 3.8) is 0 Å². The molecule has 100 valence electrons. The zero-order chi connectivity index (χ0) is 13.9. The molecule has 0 radical (unpaired) electrons. The molecule has 0 bridgehead atoms. The van der Waals surface area contributed by atoms with Crippen LogP contribution in [0.3, 0.4) is 0 Å². The number of nitrogen functional groups attached to an aromatic ring is 1. The highest BCUT2D eigenvalue weighted by atomic mass is 32.2. The van der Waals surface area contributed by atoms with E-state index >= 15 is 0 Å². The highest BCUT2D eigenvalue weighted by Gasteiger charge is 2.26. The van der Waals surface area contributed by atoms with E-state index in [1.807, 2.05) is 0 Å². The number of nitrogens with two attached hydrogens (primary N) is 1. The molecule has 2 rings (SSSR count). The van der Waals surface area contributed by atoms with Gasteiger partial charge in [-0.05, 0) is 24.3 Å². The fourth-order valence-electron chi connectivity index (χ4n) is 1.50. The maximum absolute atomic E-state index is 12.4. The number of nitrogens with zero attached hydrogens (tertiary/aromatic N) is 3. The first-order chi connectivity index (χ1) is 9.07. The van der Waals surface area contributed by atoms with Crippen molar-refractivity contribution < 1.29 is 8.42 Å². The second-order valence-electron chi connectivity index (χ2n) is 3.66. The molecule has 0 saturated carbocycles. The van der Waals surface area contributed by atoms with Crippen molar-refractivity contribution in [3.05, 3.63) is 42.7 Å². The molecule has 2 heterocycles. The van der Waals surface area contributed by atoms with Gasteiger partial charge in [0.1, 0.15) is 5.82 Å². The molecular weight excluding hydrogens is 266 g/mol. The molecule has 7 nitrogen and oxygen atoms in total. The van der Waals surface area contributed by atoms with Gasteiger partial charge in [0.2, 0.25) is 5.03 Å². The average Bonchev–Trinajstić information content (AvgIpc) is 2.47. The van der Waals surface area contributed by atoms with Crippen LogP contribution in [0.2, 0.25) is 0 Å². The van der Waals surface area contributed by atoms with E-state index in [0.29, 0.717) is 5.82 Å². The van der Waals surface area contributed by atoms with Crippen molar-refractivity contribution in [2.24, 2.45) is 5.84 Å². The van der Waals surface area contributed by atoms with Crippen LogP contribution in [0.25, 0.3) is 0 Å². The summed E-state index contributed by atoms with van der Waals surface area (Å²) in [6.07, 6.45) is 2.90. The van der Waals surface area contributed by atoms with Crippen LogP contribution >= 0.6 is 0 Å². The fraction of sp³-hybridized carbons (Fsp3) is 0.0909. The summed E-state index contributed by atoms with van der Waals surface area (Å²) < 4.78 is 25.9. The first kappa shape index (κ1) is 13.2. The van der Waals surface area contributed by atoms with Gasteiger partial charge < -0.3 is 5.43 Å². The second-order valence-corrected chi connectivity index (χ2v) is 5.55. The zero-order valence-corrected chi connectivity index (χ0v) is 11.0. The summed E-state index contributed by atoms with van der Waals surface area (Å²) in [7, 11) is -2.41. The first-order valence-corrected chi connectivity index (χ1v) is 6.83. The Balaban J connectivity index is 2.48. The number of aromatic nitrogens is 2. The highest BCUT2D eigenvalue weighted by molar-refractivity contribution is 7.92. The number of nitrogens with one attached hydrogen (secondary N) is 1. The van der Waals surface area contributed by atoms with Crippen molar-refractivity contribution >= 4 is 21.5 Å². The van der Waals surface area contributed by atoms with Gasteiger partial charge in [-0.25, -0.2) is 9.97 Å². The molecule has 0 atom stereocenters. The van der Waals surface area contributed by atoms with Crippen LogP contribution in [0, 0.1) is 0 Å². The Morgan fingerprint density at radius 2 is 1.89 bits per heavy atom. The van der Waals surface area contributed by atoms with Gasteiger partial charge in [-0.2, -0.15) is 8.42 Å². The Labute approximate surface area is 111 Å². The minimum absolute atomic E-state index is 0.148. The Bertz CT molecular complexity index is 660. The lowest BCUT2D eigenvalue weighted by Crippen LogP contribution is -2.29. The molecule has 0 fully saturated rings. The third-order valence-corrected chi connectivity index (χ3v) is 4.23. The number of anilines is 2. The molecule has 3 N–H and O–H groups in total. The molecule has 0 aliphatic rings. The van der Waals surface area contributed by atoms with Gasteiger partial charge >= 0.3 is 0 Å². The Morgan fingerprint density at radius 3 is 2.53 bits per heavy atom. The van der Waals surface area contributed by atoms with E-state index in [2.05, 4.69) is 15.4 Å². The van der Waals surface area contributed by atoms with Crippen LogP contribution in [0.1, 0.15) is 0 Å². The van der Waals surface area contributed by atoms with Crippen molar-refractivity contribution in [1.29, 1.82) is 0 Å². The third-order valence-electron chi connectivity index (χ3n) is 2.50. The van der Waals surface area contributed by atoms with Crippen LogP contribution in [0.5, 0.6) is 0 Å².